The fourth-order valence-corrected chi connectivity index (χ4v) is 2.31. The van der Waals surface area contributed by atoms with E-state index in [1.165, 1.54) is 12.3 Å². The number of ether oxygens (including phenoxy) is 2. The molecule has 1 saturated heterocycles. The Morgan fingerprint density at radius 3 is 2.87 bits per heavy atom. The Balaban J connectivity index is 2.20. The Hall–Kier alpha value is -2.00. The molecule has 0 spiro atoms. The zero-order chi connectivity index (χ0) is 16.8. The van der Waals surface area contributed by atoms with Gasteiger partial charge in [-0.25, -0.2) is 4.79 Å². The molecular formula is C15H20N2O6. The van der Waals surface area contributed by atoms with Crippen LogP contribution in [0.5, 0.6) is 0 Å². The summed E-state index contributed by atoms with van der Waals surface area (Å²) in [5.74, 6) is 0. The predicted octanol–water partition coefficient (Wildman–Crippen LogP) is -0.695. The Morgan fingerprint density at radius 1 is 1.43 bits per heavy atom. The van der Waals surface area contributed by atoms with E-state index in [1.54, 1.807) is 12.2 Å². The molecule has 2 unspecified atom stereocenters. The molecule has 8 nitrogen and oxygen atoms in total. The van der Waals surface area contributed by atoms with Crippen molar-refractivity contribution in [3.8, 4) is 0 Å². The first-order chi connectivity index (χ1) is 11.1. The van der Waals surface area contributed by atoms with E-state index in [-0.39, 0.29) is 6.61 Å². The second-order valence-electron chi connectivity index (χ2n) is 5.01. The van der Waals surface area contributed by atoms with Gasteiger partial charge in [-0.2, -0.15) is 0 Å². The van der Waals surface area contributed by atoms with Crippen molar-refractivity contribution in [1.29, 1.82) is 0 Å². The third kappa shape index (κ3) is 4.05. The van der Waals surface area contributed by atoms with Gasteiger partial charge in [0.15, 0.2) is 6.23 Å². The normalized spacial score (nSPS) is 28.1. The molecule has 0 aliphatic carbocycles. The van der Waals surface area contributed by atoms with Crippen molar-refractivity contribution in [3.05, 3.63) is 57.4 Å². The molecule has 0 radical (unpaired) electrons. The maximum atomic E-state index is 11.9. The molecule has 8 heteroatoms. The third-order valence-corrected chi connectivity index (χ3v) is 3.44. The zero-order valence-electron chi connectivity index (χ0n) is 12.7. The molecule has 1 aliphatic rings. The molecule has 23 heavy (non-hydrogen) atoms. The molecule has 0 bridgehead atoms. The summed E-state index contributed by atoms with van der Waals surface area (Å²) in [6.45, 7) is 1.66. The van der Waals surface area contributed by atoms with Gasteiger partial charge in [0.1, 0.15) is 18.3 Å². The predicted molar refractivity (Wildman–Crippen MR) is 82.0 cm³/mol. The molecular weight excluding hydrogens is 304 g/mol. The van der Waals surface area contributed by atoms with Gasteiger partial charge in [0.2, 0.25) is 0 Å². The van der Waals surface area contributed by atoms with Crippen LogP contribution in [0.3, 0.4) is 0 Å². The minimum Gasteiger partial charge on any atom is -0.394 e. The molecule has 1 fully saturated rings. The van der Waals surface area contributed by atoms with Gasteiger partial charge in [-0.05, 0) is 6.92 Å². The van der Waals surface area contributed by atoms with E-state index >= 15 is 0 Å². The SMILES string of the molecule is CC=CC=CCOC1C(O)[C@H](CO)O[C@@H]1n1ccc(=O)[nH]c1=O. The lowest BCUT2D eigenvalue weighted by atomic mass is 10.1. The number of rotatable bonds is 6. The van der Waals surface area contributed by atoms with Crippen LogP contribution in [0.4, 0.5) is 0 Å². The molecule has 0 aromatic carbocycles. The van der Waals surface area contributed by atoms with Crippen LogP contribution in [0.2, 0.25) is 0 Å². The Bertz CT molecular complexity index is 677. The van der Waals surface area contributed by atoms with Gasteiger partial charge in [0.25, 0.3) is 5.56 Å². The molecule has 2 rings (SSSR count). The van der Waals surface area contributed by atoms with Crippen molar-refractivity contribution in [1.82, 2.24) is 9.55 Å². The molecule has 1 aromatic heterocycles. The minimum absolute atomic E-state index is 0.197. The van der Waals surface area contributed by atoms with Crippen LogP contribution in [0, 0.1) is 0 Å². The molecule has 0 amide bonds. The first kappa shape index (κ1) is 17.4. The van der Waals surface area contributed by atoms with Crippen LogP contribution < -0.4 is 11.2 Å². The summed E-state index contributed by atoms with van der Waals surface area (Å²) < 4.78 is 12.2. The summed E-state index contributed by atoms with van der Waals surface area (Å²) in [5, 5.41) is 19.5. The lowest BCUT2D eigenvalue weighted by Gasteiger charge is -2.21. The summed E-state index contributed by atoms with van der Waals surface area (Å²) in [4.78, 5) is 25.2. The number of allylic oxidation sites excluding steroid dienone is 3. The van der Waals surface area contributed by atoms with E-state index in [0.717, 1.165) is 4.57 Å². The summed E-state index contributed by atoms with van der Waals surface area (Å²) >= 11 is 0. The second kappa shape index (κ2) is 8.02. The highest BCUT2D eigenvalue weighted by Crippen LogP contribution is 2.30. The van der Waals surface area contributed by atoms with Crippen LogP contribution in [0.15, 0.2) is 46.2 Å². The lowest BCUT2D eigenvalue weighted by molar-refractivity contribution is -0.0686. The molecule has 1 aromatic rings. The highest BCUT2D eigenvalue weighted by Gasteiger charge is 2.45. The van der Waals surface area contributed by atoms with Crippen LogP contribution in [0.25, 0.3) is 0 Å². The summed E-state index contributed by atoms with van der Waals surface area (Å²) in [5.41, 5.74) is -1.21. The van der Waals surface area contributed by atoms with Gasteiger partial charge >= 0.3 is 5.69 Å². The summed E-state index contributed by atoms with van der Waals surface area (Å²) in [6.07, 6.45) is 4.71. The van der Waals surface area contributed by atoms with E-state index in [0.29, 0.717) is 0 Å². The fraction of sp³-hybridized carbons (Fsp3) is 0.467. The minimum atomic E-state index is -1.10. The van der Waals surface area contributed by atoms with Crippen LogP contribution in [-0.4, -0.2) is 51.3 Å². The van der Waals surface area contributed by atoms with Crippen molar-refractivity contribution in [2.45, 2.75) is 31.5 Å². The van der Waals surface area contributed by atoms with Gasteiger partial charge in [-0.3, -0.25) is 14.3 Å². The largest absolute Gasteiger partial charge is 0.394 e. The number of nitrogens with zero attached hydrogens (tertiary/aromatic N) is 1. The van der Waals surface area contributed by atoms with Crippen molar-refractivity contribution < 1.29 is 19.7 Å². The fourth-order valence-electron chi connectivity index (χ4n) is 2.31. The van der Waals surface area contributed by atoms with Gasteiger partial charge in [0, 0.05) is 12.3 Å². The van der Waals surface area contributed by atoms with Crippen LogP contribution >= 0.6 is 0 Å². The molecule has 3 N–H and O–H groups in total. The Labute approximate surface area is 132 Å². The second-order valence-corrected chi connectivity index (χ2v) is 5.01. The van der Waals surface area contributed by atoms with Crippen molar-refractivity contribution >= 4 is 0 Å². The van der Waals surface area contributed by atoms with Gasteiger partial charge in [-0.15, -0.1) is 0 Å². The average molecular weight is 324 g/mol. The maximum Gasteiger partial charge on any atom is 0.330 e. The zero-order valence-corrected chi connectivity index (χ0v) is 12.7. The van der Waals surface area contributed by atoms with Crippen LogP contribution in [0.1, 0.15) is 13.2 Å². The summed E-state index contributed by atoms with van der Waals surface area (Å²) in [6, 6.07) is 1.17. The first-order valence-corrected chi connectivity index (χ1v) is 7.23. The average Bonchev–Trinajstić information content (AvgIpc) is 2.83. The van der Waals surface area contributed by atoms with E-state index in [4.69, 9.17) is 9.47 Å². The summed E-state index contributed by atoms with van der Waals surface area (Å²) in [7, 11) is 0. The number of aliphatic hydroxyl groups excluding tert-OH is 2. The molecule has 2 heterocycles. The Morgan fingerprint density at radius 2 is 2.22 bits per heavy atom. The number of nitrogens with one attached hydrogen (secondary N) is 1. The third-order valence-electron chi connectivity index (χ3n) is 3.44. The molecule has 4 atom stereocenters. The van der Waals surface area contributed by atoms with Gasteiger partial charge in [-0.1, -0.05) is 24.3 Å². The quantitative estimate of drug-likeness (QED) is 0.597. The van der Waals surface area contributed by atoms with E-state index in [9.17, 15) is 19.8 Å². The van der Waals surface area contributed by atoms with Crippen molar-refractivity contribution in [2.24, 2.45) is 0 Å². The van der Waals surface area contributed by atoms with E-state index in [1.807, 2.05) is 19.1 Å². The van der Waals surface area contributed by atoms with Crippen molar-refractivity contribution in [3.63, 3.8) is 0 Å². The molecule has 0 saturated carbocycles. The van der Waals surface area contributed by atoms with Gasteiger partial charge in [0.05, 0.1) is 13.2 Å². The number of aromatic nitrogens is 2. The Kier molecular flexibility index (Phi) is 6.05. The number of aliphatic hydroxyl groups is 2. The van der Waals surface area contributed by atoms with E-state index < -0.39 is 42.4 Å². The van der Waals surface area contributed by atoms with E-state index in [2.05, 4.69) is 4.98 Å². The first-order valence-electron chi connectivity index (χ1n) is 7.23. The number of hydrogen-bond donors (Lipinski definition) is 3. The number of aromatic amines is 1. The van der Waals surface area contributed by atoms with Gasteiger partial charge < -0.3 is 19.7 Å². The monoisotopic (exact) mass is 324 g/mol. The lowest BCUT2D eigenvalue weighted by Crippen LogP contribution is -2.39. The maximum absolute atomic E-state index is 11.9. The molecule has 1 aliphatic heterocycles. The number of H-pyrrole nitrogens is 1. The highest BCUT2D eigenvalue weighted by atomic mass is 16.6. The topological polar surface area (TPSA) is 114 Å². The number of hydrogen-bond acceptors (Lipinski definition) is 6. The standard InChI is InChI=1S/C15H20N2O6/c1-2-3-4-5-8-22-13-12(20)10(9-18)23-14(13)17-7-6-11(19)16-15(17)21/h2-7,10,12-14,18,20H,8-9H2,1H3,(H,16,19,21)/t10-,12?,13?,14-/m0/s1. The highest BCUT2D eigenvalue weighted by molar-refractivity contribution is 5.01. The smallest absolute Gasteiger partial charge is 0.330 e. The van der Waals surface area contributed by atoms with Crippen LogP contribution in [-0.2, 0) is 9.47 Å². The molecule has 126 valence electrons. The van der Waals surface area contributed by atoms with Crippen molar-refractivity contribution in [2.75, 3.05) is 13.2 Å².